The van der Waals surface area contributed by atoms with Gasteiger partial charge in [0.2, 0.25) is 5.91 Å². The Hall–Kier alpha value is -3.29. The molecule has 3 aromatic rings. The second-order valence-corrected chi connectivity index (χ2v) is 9.35. The molecule has 1 aliphatic rings. The van der Waals surface area contributed by atoms with Gasteiger partial charge in [-0.15, -0.1) is 0 Å². The van der Waals surface area contributed by atoms with Crippen LogP contribution in [-0.2, 0) is 17.9 Å². The molecule has 188 valence electrons. The first-order valence-electron chi connectivity index (χ1n) is 11.9. The lowest BCUT2D eigenvalue weighted by Gasteiger charge is -2.28. The van der Waals surface area contributed by atoms with Gasteiger partial charge in [-0.2, -0.15) is 0 Å². The van der Waals surface area contributed by atoms with Crippen molar-refractivity contribution in [1.29, 1.82) is 0 Å². The Morgan fingerprint density at radius 3 is 2.28 bits per heavy atom. The lowest BCUT2D eigenvalue weighted by molar-refractivity contribution is -0.116. The Kier molecular flexibility index (Phi) is 8.33. The van der Waals surface area contributed by atoms with Gasteiger partial charge in [-0.1, -0.05) is 41.9 Å². The molecule has 8 heteroatoms. The highest BCUT2D eigenvalue weighted by Gasteiger charge is 2.25. The number of amides is 2. The van der Waals surface area contributed by atoms with Gasteiger partial charge in [-0.3, -0.25) is 14.5 Å². The van der Waals surface area contributed by atoms with E-state index in [0.29, 0.717) is 55.3 Å². The Labute approximate surface area is 214 Å². The lowest BCUT2D eigenvalue weighted by atomic mass is 10.1. The molecule has 0 unspecified atom stereocenters. The molecule has 36 heavy (non-hydrogen) atoms. The van der Waals surface area contributed by atoms with Crippen LogP contribution in [0.4, 0.5) is 14.5 Å². The number of carbonyl (C=O) groups is 2. The normalized spacial score (nSPS) is 15.2. The lowest BCUT2D eigenvalue weighted by Crippen LogP contribution is -2.38. The van der Waals surface area contributed by atoms with E-state index < -0.39 is 11.6 Å². The zero-order valence-corrected chi connectivity index (χ0v) is 20.8. The number of benzene rings is 3. The third kappa shape index (κ3) is 6.28. The van der Waals surface area contributed by atoms with Crippen LogP contribution in [0.2, 0.25) is 5.02 Å². The smallest absolute Gasteiger partial charge is 0.254 e. The van der Waals surface area contributed by atoms with Gasteiger partial charge >= 0.3 is 0 Å². The number of halogens is 3. The number of hydrogen-bond donors (Lipinski definition) is 0. The summed E-state index contributed by atoms with van der Waals surface area (Å²) in [4.78, 5) is 31.4. The maximum absolute atomic E-state index is 14.3. The Morgan fingerprint density at radius 2 is 1.58 bits per heavy atom. The van der Waals surface area contributed by atoms with Crippen LogP contribution in [0.5, 0.6) is 0 Å². The van der Waals surface area contributed by atoms with E-state index in [1.807, 2.05) is 30.3 Å². The minimum Gasteiger partial charge on any atom is -0.333 e. The molecule has 0 spiro atoms. The topological polar surface area (TPSA) is 43.9 Å². The molecule has 0 N–H and O–H groups in total. The van der Waals surface area contributed by atoms with Crippen molar-refractivity contribution in [2.45, 2.75) is 26.4 Å². The van der Waals surface area contributed by atoms with Crippen LogP contribution in [0.15, 0.2) is 66.7 Å². The number of carbonyl (C=O) groups excluding carboxylic acids is 2. The molecule has 0 radical (unpaired) electrons. The van der Waals surface area contributed by atoms with E-state index >= 15 is 0 Å². The van der Waals surface area contributed by atoms with Gasteiger partial charge in [0.15, 0.2) is 11.6 Å². The number of fused-ring (bicyclic) bond motifs is 1. The van der Waals surface area contributed by atoms with Gasteiger partial charge in [0.1, 0.15) is 0 Å². The molecular weight excluding hydrogens is 484 g/mol. The first-order chi connectivity index (χ1) is 17.3. The van der Waals surface area contributed by atoms with Crippen LogP contribution >= 0.6 is 11.6 Å². The van der Waals surface area contributed by atoms with Crippen molar-refractivity contribution in [2.24, 2.45) is 0 Å². The molecule has 1 heterocycles. The zero-order valence-electron chi connectivity index (χ0n) is 20.1. The Bertz CT molecular complexity index is 1220. The van der Waals surface area contributed by atoms with Crippen molar-refractivity contribution >= 4 is 29.1 Å². The van der Waals surface area contributed by atoms with Crippen molar-refractivity contribution in [3.63, 3.8) is 0 Å². The molecule has 3 aromatic carbocycles. The van der Waals surface area contributed by atoms with Gasteiger partial charge in [-0.25, -0.2) is 8.78 Å². The summed E-state index contributed by atoms with van der Waals surface area (Å²) in [5.74, 6) is -2.57. The first kappa shape index (κ1) is 25.8. The van der Waals surface area contributed by atoms with Gasteiger partial charge in [0, 0.05) is 62.8 Å². The highest BCUT2D eigenvalue weighted by molar-refractivity contribution is 6.30. The molecular formula is C28H28ClF2N3O2. The second kappa shape index (κ2) is 11.6. The Balaban J connectivity index is 1.71. The van der Waals surface area contributed by atoms with E-state index in [2.05, 4.69) is 4.90 Å². The Morgan fingerprint density at radius 1 is 0.889 bits per heavy atom. The van der Waals surface area contributed by atoms with Crippen molar-refractivity contribution in [3.8, 4) is 0 Å². The predicted molar refractivity (Wildman–Crippen MR) is 137 cm³/mol. The molecule has 1 aliphatic heterocycles. The standard InChI is InChI=1S/C28H28ClF2N3O2/c1-20(35)34-13-5-12-32(18-21-6-3-2-4-7-21)14-15-33(28(36)22-8-10-24(29)11-9-22)19-23-16-25(30)26(31)17-27(23)34/h2-4,6-11,16-17H,5,12-15,18-19H2,1H3. The van der Waals surface area contributed by atoms with E-state index in [1.54, 1.807) is 29.2 Å². The van der Waals surface area contributed by atoms with Crippen molar-refractivity contribution in [2.75, 3.05) is 31.1 Å². The second-order valence-electron chi connectivity index (χ2n) is 8.91. The summed E-state index contributed by atoms with van der Waals surface area (Å²) in [6.45, 7) is 4.07. The average Bonchev–Trinajstić information content (AvgIpc) is 2.89. The summed E-state index contributed by atoms with van der Waals surface area (Å²) in [5.41, 5.74) is 2.24. The molecule has 0 atom stereocenters. The van der Waals surface area contributed by atoms with E-state index in [4.69, 9.17) is 11.6 Å². The van der Waals surface area contributed by atoms with E-state index in [1.165, 1.54) is 11.8 Å². The predicted octanol–water partition coefficient (Wildman–Crippen LogP) is 5.52. The molecule has 0 saturated heterocycles. The fourth-order valence-electron chi connectivity index (χ4n) is 4.46. The maximum atomic E-state index is 14.3. The zero-order chi connectivity index (χ0) is 25.7. The minimum absolute atomic E-state index is 0.0248. The van der Waals surface area contributed by atoms with E-state index in [0.717, 1.165) is 17.7 Å². The summed E-state index contributed by atoms with van der Waals surface area (Å²) >= 11 is 6.00. The van der Waals surface area contributed by atoms with Crippen LogP contribution in [0.1, 0.15) is 34.8 Å². The van der Waals surface area contributed by atoms with Crippen molar-refractivity contribution in [3.05, 3.63) is 100 Å². The third-order valence-corrected chi connectivity index (χ3v) is 6.58. The van der Waals surface area contributed by atoms with Crippen molar-refractivity contribution in [1.82, 2.24) is 9.80 Å². The van der Waals surface area contributed by atoms with Crippen LogP contribution in [0.25, 0.3) is 0 Å². The number of nitrogens with zero attached hydrogens (tertiary/aromatic N) is 3. The fourth-order valence-corrected chi connectivity index (χ4v) is 4.59. The average molecular weight is 512 g/mol. The largest absolute Gasteiger partial charge is 0.333 e. The van der Waals surface area contributed by atoms with Gasteiger partial charge in [-0.05, 0) is 47.9 Å². The fraction of sp³-hybridized carbons (Fsp3) is 0.286. The number of rotatable bonds is 3. The molecule has 2 amide bonds. The van der Waals surface area contributed by atoms with E-state index in [-0.39, 0.29) is 24.0 Å². The maximum Gasteiger partial charge on any atom is 0.254 e. The third-order valence-electron chi connectivity index (χ3n) is 6.32. The van der Waals surface area contributed by atoms with Crippen molar-refractivity contribution < 1.29 is 18.4 Å². The summed E-state index contributed by atoms with van der Waals surface area (Å²) in [5, 5.41) is 0.512. The number of anilines is 1. The SMILES string of the molecule is CC(=O)N1CCCN(Cc2ccccc2)CCN(C(=O)c2ccc(Cl)cc2)Cc2cc(F)c(F)cc21. The molecule has 0 bridgehead atoms. The summed E-state index contributed by atoms with van der Waals surface area (Å²) in [6, 6.07) is 18.7. The van der Waals surface area contributed by atoms with Gasteiger partial charge in [0.25, 0.3) is 5.91 Å². The highest BCUT2D eigenvalue weighted by atomic mass is 35.5. The minimum atomic E-state index is -1.03. The molecule has 4 rings (SSSR count). The van der Waals surface area contributed by atoms with Crippen LogP contribution in [0.3, 0.4) is 0 Å². The highest BCUT2D eigenvalue weighted by Crippen LogP contribution is 2.27. The summed E-state index contributed by atoms with van der Waals surface area (Å²) in [7, 11) is 0. The molecule has 0 saturated carbocycles. The van der Waals surface area contributed by atoms with Crippen LogP contribution in [-0.4, -0.2) is 47.8 Å². The van der Waals surface area contributed by atoms with Crippen LogP contribution in [0, 0.1) is 11.6 Å². The quantitative estimate of drug-likeness (QED) is 0.465. The number of hydrogen-bond acceptors (Lipinski definition) is 3. The summed E-state index contributed by atoms with van der Waals surface area (Å²) < 4.78 is 28.6. The van der Waals surface area contributed by atoms with Gasteiger partial charge < -0.3 is 9.80 Å². The molecule has 0 aliphatic carbocycles. The monoisotopic (exact) mass is 511 g/mol. The molecule has 5 nitrogen and oxygen atoms in total. The molecule has 0 fully saturated rings. The van der Waals surface area contributed by atoms with Gasteiger partial charge in [0.05, 0.1) is 5.69 Å². The van der Waals surface area contributed by atoms with Crippen LogP contribution < -0.4 is 4.90 Å². The molecule has 0 aromatic heterocycles. The summed E-state index contributed by atoms with van der Waals surface area (Å²) in [6.07, 6.45) is 0.635. The van der Waals surface area contributed by atoms with E-state index in [9.17, 15) is 18.4 Å². The first-order valence-corrected chi connectivity index (χ1v) is 12.3.